The third-order valence-corrected chi connectivity index (χ3v) is 4.10. The number of benzene rings is 2. The van der Waals surface area contributed by atoms with Crippen molar-refractivity contribution in [3.05, 3.63) is 29.3 Å². The summed E-state index contributed by atoms with van der Waals surface area (Å²) in [6, 6.07) is 7.00. The number of ether oxygens (including phenoxy) is 1. The fourth-order valence-electron chi connectivity index (χ4n) is 2.51. The van der Waals surface area contributed by atoms with Gasteiger partial charge in [-0.25, -0.2) is 0 Å². The van der Waals surface area contributed by atoms with Crippen LogP contribution in [0.3, 0.4) is 0 Å². The molecule has 0 radical (unpaired) electrons. The van der Waals surface area contributed by atoms with Crippen molar-refractivity contribution in [3.63, 3.8) is 0 Å². The molecule has 0 saturated carbocycles. The van der Waals surface area contributed by atoms with Gasteiger partial charge in [0.05, 0.1) is 13.2 Å². The van der Waals surface area contributed by atoms with Crippen LogP contribution in [0.4, 0.5) is 5.69 Å². The average molecular weight is 321 g/mol. The molecule has 5 nitrogen and oxygen atoms in total. The first-order chi connectivity index (χ1) is 10.7. The number of aliphatic imine (C=N–C) groups is 1. The van der Waals surface area contributed by atoms with E-state index in [1.165, 1.54) is 0 Å². The van der Waals surface area contributed by atoms with E-state index in [4.69, 9.17) is 16.3 Å². The smallest absolute Gasteiger partial charge is 0.150 e. The summed E-state index contributed by atoms with van der Waals surface area (Å²) in [6.45, 7) is 3.79. The van der Waals surface area contributed by atoms with E-state index in [2.05, 4.69) is 9.89 Å². The van der Waals surface area contributed by atoms with E-state index in [0.717, 1.165) is 26.3 Å². The van der Waals surface area contributed by atoms with Crippen molar-refractivity contribution in [2.24, 2.45) is 4.99 Å². The lowest BCUT2D eigenvalue weighted by atomic mass is 10.1. The molecule has 2 N–H and O–H groups in total. The third-order valence-electron chi connectivity index (χ3n) is 3.74. The predicted octanol–water partition coefficient (Wildman–Crippen LogP) is 2.94. The predicted molar refractivity (Wildman–Crippen MR) is 87.7 cm³/mol. The monoisotopic (exact) mass is 320 g/mol. The first kappa shape index (κ1) is 15.1. The highest BCUT2D eigenvalue weighted by molar-refractivity contribution is 6.36. The van der Waals surface area contributed by atoms with Gasteiger partial charge < -0.3 is 14.9 Å². The molecule has 0 amide bonds. The maximum atomic E-state index is 10.3. The van der Waals surface area contributed by atoms with Crippen molar-refractivity contribution in [1.29, 1.82) is 0 Å². The van der Waals surface area contributed by atoms with Crippen molar-refractivity contribution >= 4 is 34.3 Å². The van der Waals surface area contributed by atoms with Crippen LogP contribution >= 0.6 is 11.6 Å². The second-order valence-corrected chi connectivity index (χ2v) is 5.51. The van der Waals surface area contributed by atoms with Gasteiger partial charge in [0.25, 0.3) is 0 Å². The molecule has 0 atom stereocenters. The molecular formula is C16H17ClN2O3. The van der Waals surface area contributed by atoms with Crippen LogP contribution in [0.1, 0.15) is 0 Å². The minimum atomic E-state index is -0.0615. The fourth-order valence-corrected chi connectivity index (χ4v) is 2.75. The molecule has 1 heterocycles. The van der Waals surface area contributed by atoms with Gasteiger partial charge >= 0.3 is 0 Å². The molecule has 0 aromatic heterocycles. The zero-order valence-corrected chi connectivity index (χ0v) is 12.8. The number of nitrogens with zero attached hydrogens (tertiary/aromatic N) is 2. The van der Waals surface area contributed by atoms with Gasteiger partial charge in [-0.05, 0) is 0 Å². The number of phenols is 2. The van der Waals surface area contributed by atoms with E-state index in [0.29, 0.717) is 17.3 Å². The topological polar surface area (TPSA) is 65.3 Å². The summed E-state index contributed by atoms with van der Waals surface area (Å²) in [5, 5.41) is 21.6. The number of hydrogen-bond donors (Lipinski definition) is 2. The Labute approximate surface area is 133 Å². The summed E-state index contributed by atoms with van der Waals surface area (Å²) in [5.74, 6) is -0.0785. The fraction of sp³-hybridized carbons (Fsp3) is 0.312. The molecule has 6 heteroatoms. The minimum absolute atomic E-state index is 0.0170. The Morgan fingerprint density at radius 1 is 1.14 bits per heavy atom. The summed E-state index contributed by atoms with van der Waals surface area (Å²) in [6.07, 6.45) is 1.69. The van der Waals surface area contributed by atoms with Crippen LogP contribution in [0.15, 0.2) is 29.3 Å². The van der Waals surface area contributed by atoms with Crippen LogP contribution in [0.25, 0.3) is 10.8 Å². The molecule has 1 aliphatic rings. The van der Waals surface area contributed by atoms with Gasteiger partial charge in [-0.3, -0.25) is 9.89 Å². The maximum Gasteiger partial charge on any atom is 0.150 e. The SMILES string of the molecule is Oc1c(Cl)c(N=CCN2CCOCC2)c(O)c2ccccc12. The molecule has 1 fully saturated rings. The molecule has 0 aliphatic carbocycles. The number of rotatable bonds is 3. The van der Waals surface area contributed by atoms with E-state index < -0.39 is 0 Å². The molecule has 0 spiro atoms. The number of morpholine rings is 1. The van der Waals surface area contributed by atoms with Gasteiger partial charge in [-0.2, -0.15) is 0 Å². The summed E-state index contributed by atoms with van der Waals surface area (Å²) in [5.41, 5.74) is 0.200. The molecule has 1 saturated heterocycles. The zero-order valence-electron chi connectivity index (χ0n) is 12.0. The first-order valence-electron chi connectivity index (χ1n) is 7.13. The molecule has 116 valence electrons. The van der Waals surface area contributed by atoms with E-state index >= 15 is 0 Å². The van der Waals surface area contributed by atoms with E-state index in [-0.39, 0.29) is 22.2 Å². The molecule has 22 heavy (non-hydrogen) atoms. The molecule has 2 aromatic carbocycles. The molecule has 2 aromatic rings. The molecule has 0 unspecified atom stereocenters. The van der Waals surface area contributed by atoms with Crippen molar-refractivity contribution in [2.75, 3.05) is 32.8 Å². The highest BCUT2D eigenvalue weighted by Gasteiger charge is 2.16. The van der Waals surface area contributed by atoms with Gasteiger partial charge in [0.15, 0.2) is 5.75 Å². The maximum absolute atomic E-state index is 10.3. The number of phenolic OH excluding ortho intramolecular Hbond substituents is 2. The standard InChI is InChI=1S/C16H17ClN2O3/c17-13-14(18-5-6-19-7-9-22-10-8-19)16(21)12-4-2-1-3-11(12)15(13)20/h1-5,20-21H,6-10H2. The largest absolute Gasteiger partial charge is 0.506 e. The molecule has 0 bridgehead atoms. The summed E-state index contributed by atoms with van der Waals surface area (Å²) in [4.78, 5) is 6.45. The van der Waals surface area contributed by atoms with Crippen molar-refractivity contribution in [3.8, 4) is 11.5 Å². The lowest BCUT2D eigenvalue weighted by Crippen LogP contribution is -2.37. The molecular weight excluding hydrogens is 304 g/mol. The Kier molecular flexibility index (Phi) is 4.47. The second-order valence-electron chi connectivity index (χ2n) is 5.13. The Bertz CT molecular complexity index is 712. The highest BCUT2D eigenvalue weighted by Crippen LogP contribution is 2.47. The van der Waals surface area contributed by atoms with Crippen LogP contribution < -0.4 is 0 Å². The van der Waals surface area contributed by atoms with Gasteiger partial charge in [0.1, 0.15) is 16.5 Å². The van der Waals surface area contributed by atoms with Crippen molar-refractivity contribution in [1.82, 2.24) is 4.90 Å². The lowest BCUT2D eigenvalue weighted by Gasteiger charge is -2.24. The molecule has 3 rings (SSSR count). The normalized spacial score (nSPS) is 16.6. The Hall–Kier alpha value is -1.82. The van der Waals surface area contributed by atoms with E-state index in [9.17, 15) is 10.2 Å². The number of aromatic hydroxyl groups is 2. The van der Waals surface area contributed by atoms with E-state index in [1.807, 2.05) is 0 Å². The number of hydrogen-bond acceptors (Lipinski definition) is 5. The van der Waals surface area contributed by atoms with Crippen LogP contribution in [0.2, 0.25) is 5.02 Å². The zero-order chi connectivity index (χ0) is 15.5. The van der Waals surface area contributed by atoms with Crippen LogP contribution in [0, 0.1) is 0 Å². The Balaban J connectivity index is 1.89. The minimum Gasteiger partial charge on any atom is -0.506 e. The van der Waals surface area contributed by atoms with Gasteiger partial charge in [0.2, 0.25) is 0 Å². The van der Waals surface area contributed by atoms with Gasteiger partial charge in [-0.1, -0.05) is 35.9 Å². The van der Waals surface area contributed by atoms with Crippen LogP contribution in [0.5, 0.6) is 11.5 Å². The lowest BCUT2D eigenvalue weighted by molar-refractivity contribution is 0.0457. The average Bonchev–Trinajstić information content (AvgIpc) is 2.57. The highest BCUT2D eigenvalue weighted by atomic mass is 35.5. The summed E-state index contributed by atoms with van der Waals surface area (Å²) < 4.78 is 5.29. The Morgan fingerprint density at radius 2 is 1.77 bits per heavy atom. The number of halogens is 1. The van der Waals surface area contributed by atoms with Gasteiger partial charge in [-0.15, -0.1) is 0 Å². The van der Waals surface area contributed by atoms with Crippen molar-refractivity contribution < 1.29 is 14.9 Å². The van der Waals surface area contributed by atoms with Crippen LogP contribution in [-0.4, -0.2) is 54.2 Å². The number of fused-ring (bicyclic) bond motifs is 1. The third kappa shape index (κ3) is 2.88. The summed E-state index contributed by atoms with van der Waals surface area (Å²) >= 11 is 6.14. The van der Waals surface area contributed by atoms with E-state index in [1.54, 1.807) is 30.5 Å². The van der Waals surface area contributed by atoms with Crippen molar-refractivity contribution in [2.45, 2.75) is 0 Å². The van der Waals surface area contributed by atoms with Crippen LogP contribution in [-0.2, 0) is 4.74 Å². The molecule has 1 aliphatic heterocycles. The Morgan fingerprint density at radius 3 is 2.45 bits per heavy atom. The first-order valence-corrected chi connectivity index (χ1v) is 7.51. The van der Waals surface area contributed by atoms with Gasteiger partial charge in [0, 0.05) is 36.6 Å². The quantitative estimate of drug-likeness (QED) is 0.674. The second kappa shape index (κ2) is 6.52. The summed E-state index contributed by atoms with van der Waals surface area (Å²) in [7, 11) is 0.